The van der Waals surface area contributed by atoms with Gasteiger partial charge < -0.3 is 9.30 Å². The van der Waals surface area contributed by atoms with Gasteiger partial charge in [-0.05, 0) is 18.9 Å². The molecule has 4 rings (SSSR count). The molecule has 0 aromatic carbocycles. The first-order valence-electron chi connectivity index (χ1n) is 7.44. The van der Waals surface area contributed by atoms with Crippen LogP contribution in [0.5, 0.6) is 6.01 Å². The zero-order valence-corrected chi connectivity index (χ0v) is 13.2. The Morgan fingerprint density at radius 1 is 1.17 bits per heavy atom. The standard InChI is InChI=1S/C13H16N6O3S/c20-23(21,10-2-3-10)18-6-7-19-11(8-18)16-17-12(19)9-22-13-14-4-1-5-15-13/h1,4-5,10H,2-3,6-9H2. The summed E-state index contributed by atoms with van der Waals surface area (Å²) in [4.78, 5) is 7.97. The first kappa shape index (κ1) is 14.5. The van der Waals surface area contributed by atoms with E-state index in [2.05, 4.69) is 20.2 Å². The third kappa shape index (κ3) is 2.79. The molecule has 2 aromatic rings. The van der Waals surface area contributed by atoms with E-state index in [1.807, 2.05) is 4.57 Å². The second-order valence-corrected chi connectivity index (χ2v) is 7.79. The largest absolute Gasteiger partial charge is 0.455 e. The van der Waals surface area contributed by atoms with Crippen LogP contribution in [0.4, 0.5) is 0 Å². The molecule has 3 heterocycles. The Bertz CT molecular complexity index is 802. The molecule has 0 atom stereocenters. The van der Waals surface area contributed by atoms with E-state index >= 15 is 0 Å². The van der Waals surface area contributed by atoms with E-state index in [4.69, 9.17) is 4.74 Å². The van der Waals surface area contributed by atoms with Crippen LogP contribution in [-0.2, 0) is 29.7 Å². The molecular formula is C13H16N6O3S. The van der Waals surface area contributed by atoms with Gasteiger partial charge in [-0.2, -0.15) is 4.31 Å². The summed E-state index contributed by atoms with van der Waals surface area (Å²) < 4.78 is 33.5. The summed E-state index contributed by atoms with van der Waals surface area (Å²) in [6.07, 6.45) is 4.73. The van der Waals surface area contributed by atoms with Gasteiger partial charge in [0.25, 0.3) is 0 Å². The predicted molar refractivity (Wildman–Crippen MR) is 78.7 cm³/mol. The summed E-state index contributed by atoms with van der Waals surface area (Å²) in [6.45, 7) is 1.45. The molecule has 1 saturated carbocycles. The van der Waals surface area contributed by atoms with Gasteiger partial charge in [0.2, 0.25) is 10.0 Å². The summed E-state index contributed by atoms with van der Waals surface area (Å²) in [5.41, 5.74) is 0. The monoisotopic (exact) mass is 336 g/mol. The Hall–Kier alpha value is -2.07. The number of ether oxygens (including phenoxy) is 1. The zero-order chi connectivity index (χ0) is 15.9. The lowest BCUT2D eigenvalue weighted by Crippen LogP contribution is -2.40. The SMILES string of the molecule is O=S(=O)(C1CC1)N1CCn2c(COc3ncccn3)nnc2C1. The predicted octanol–water partition coefficient (Wildman–Crippen LogP) is -0.0451. The van der Waals surface area contributed by atoms with Gasteiger partial charge >= 0.3 is 6.01 Å². The Kier molecular flexibility index (Phi) is 3.49. The van der Waals surface area contributed by atoms with E-state index in [-0.39, 0.29) is 24.4 Å². The van der Waals surface area contributed by atoms with Crippen molar-refractivity contribution in [3.63, 3.8) is 0 Å². The summed E-state index contributed by atoms with van der Waals surface area (Å²) in [6, 6.07) is 1.99. The highest BCUT2D eigenvalue weighted by Gasteiger charge is 2.41. The number of nitrogens with zero attached hydrogens (tertiary/aromatic N) is 6. The fraction of sp³-hybridized carbons (Fsp3) is 0.538. The van der Waals surface area contributed by atoms with Gasteiger partial charge in [0, 0.05) is 25.5 Å². The van der Waals surface area contributed by atoms with Crippen molar-refractivity contribution in [1.82, 2.24) is 29.0 Å². The van der Waals surface area contributed by atoms with Crippen molar-refractivity contribution in [3.05, 3.63) is 30.1 Å². The van der Waals surface area contributed by atoms with Gasteiger partial charge in [-0.25, -0.2) is 18.4 Å². The van der Waals surface area contributed by atoms with Gasteiger partial charge in [-0.15, -0.1) is 10.2 Å². The van der Waals surface area contributed by atoms with Crippen LogP contribution in [0.2, 0.25) is 0 Å². The molecule has 1 fully saturated rings. The molecule has 0 spiro atoms. The summed E-state index contributed by atoms with van der Waals surface area (Å²) in [5, 5.41) is 8.00. The summed E-state index contributed by atoms with van der Waals surface area (Å²) in [7, 11) is -3.18. The molecule has 122 valence electrons. The highest BCUT2D eigenvalue weighted by Crippen LogP contribution is 2.32. The maximum absolute atomic E-state index is 12.3. The lowest BCUT2D eigenvalue weighted by Gasteiger charge is -2.27. The number of hydrogen-bond donors (Lipinski definition) is 0. The molecule has 0 unspecified atom stereocenters. The van der Waals surface area contributed by atoms with Gasteiger partial charge in [-0.3, -0.25) is 0 Å². The minimum atomic E-state index is -3.18. The topological polar surface area (TPSA) is 103 Å². The zero-order valence-electron chi connectivity index (χ0n) is 12.4. The average molecular weight is 336 g/mol. The van der Waals surface area contributed by atoms with Gasteiger partial charge in [0.05, 0.1) is 11.8 Å². The third-order valence-corrected chi connectivity index (χ3v) is 6.32. The molecule has 10 heteroatoms. The van der Waals surface area contributed by atoms with Gasteiger partial charge in [0.15, 0.2) is 12.4 Å². The third-order valence-electron chi connectivity index (χ3n) is 3.97. The van der Waals surface area contributed by atoms with Crippen molar-refractivity contribution in [2.45, 2.75) is 37.8 Å². The van der Waals surface area contributed by atoms with Crippen molar-refractivity contribution in [2.75, 3.05) is 6.54 Å². The van der Waals surface area contributed by atoms with Crippen LogP contribution in [0.3, 0.4) is 0 Å². The fourth-order valence-corrected chi connectivity index (χ4v) is 4.37. The van der Waals surface area contributed by atoms with Gasteiger partial charge in [0.1, 0.15) is 5.82 Å². The number of fused-ring (bicyclic) bond motifs is 1. The Labute approximate surface area is 133 Å². The molecule has 1 aliphatic heterocycles. The van der Waals surface area contributed by atoms with E-state index < -0.39 is 10.0 Å². The number of sulfonamides is 1. The Balaban J connectivity index is 1.47. The summed E-state index contributed by atoms with van der Waals surface area (Å²) in [5.74, 6) is 1.30. The molecule has 0 saturated heterocycles. The van der Waals surface area contributed by atoms with Crippen molar-refractivity contribution in [2.24, 2.45) is 0 Å². The number of hydrogen-bond acceptors (Lipinski definition) is 7. The average Bonchev–Trinajstić information content (AvgIpc) is 3.36. The Morgan fingerprint density at radius 3 is 2.70 bits per heavy atom. The molecular weight excluding hydrogens is 320 g/mol. The van der Waals surface area contributed by atoms with E-state index in [0.717, 1.165) is 12.8 Å². The molecule has 0 radical (unpaired) electrons. The van der Waals surface area contributed by atoms with E-state index in [9.17, 15) is 8.42 Å². The molecule has 0 amide bonds. The smallest absolute Gasteiger partial charge is 0.316 e. The lowest BCUT2D eigenvalue weighted by molar-refractivity contribution is 0.257. The maximum Gasteiger partial charge on any atom is 0.316 e. The highest BCUT2D eigenvalue weighted by molar-refractivity contribution is 7.90. The first-order chi connectivity index (χ1) is 11.1. The second kappa shape index (κ2) is 5.53. The first-order valence-corrected chi connectivity index (χ1v) is 8.94. The van der Waals surface area contributed by atoms with Crippen LogP contribution in [0.25, 0.3) is 0 Å². The second-order valence-electron chi connectivity index (χ2n) is 5.58. The number of rotatable bonds is 5. The molecule has 9 nitrogen and oxygen atoms in total. The van der Waals surface area contributed by atoms with E-state index in [1.165, 1.54) is 4.31 Å². The minimum absolute atomic E-state index is 0.199. The molecule has 2 aliphatic rings. The van der Waals surface area contributed by atoms with Crippen molar-refractivity contribution in [1.29, 1.82) is 0 Å². The van der Waals surface area contributed by atoms with Crippen LogP contribution in [0.1, 0.15) is 24.5 Å². The van der Waals surface area contributed by atoms with E-state index in [1.54, 1.807) is 18.5 Å². The van der Waals surface area contributed by atoms with Crippen LogP contribution < -0.4 is 4.74 Å². The number of aromatic nitrogens is 5. The van der Waals surface area contributed by atoms with Crippen molar-refractivity contribution in [3.8, 4) is 6.01 Å². The van der Waals surface area contributed by atoms with Crippen molar-refractivity contribution < 1.29 is 13.2 Å². The molecule has 1 aliphatic carbocycles. The van der Waals surface area contributed by atoms with E-state index in [0.29, 0.717) is 24.7 Å². The van der Waals surface area contributed by atoms with Crippen LogP contribution in [0.15, 0.2) is 18.5 Å². The van der Waals surface area contributed by atoms with Gasteiger partial charge in [-0.1, -0.05) is 0 Å². The quantitative estimate of drug-likeness (QED) is 0.754. The molecule has 23 heavy (non-hydrogen) atoms. The normalized spacial score (nSPS) is 18.6. The highest BCUT2D eigenvalue weighted by atomic mass is 32.2. The molecule has 0 N–H and O–H groups in total. The van der Waals surface area contributed by atoms with Crippen LogP contribution in [-0.4, -0.2) is 49.3 Å². The maximum atomic E-state index is 12.3. The van der Waals surface area contributed by atoms with Crippen molar-refractivity contribution >= 4 is 10.0 Å². The molecule has 0 bridgehead atoms. The van der Waals surface area contributed by atoms with Crippen LogP contribution in [0, 0.1) is 0 Å². The summed E-state index contributed by atoms with van der Waals surface area (Å²) >= 11 is 0. The Morgan fingerprint density at radius 2 is 1.96 bits per heavy atom. The fourth-order valence-electron chi connectivity index (χ4n) is 2.59. The van der Waals surface area contributed by atoms with Crippen LogP contribution >= 0.6 is 0 Å². The lowest BCUT2D eigenvalue weighted by atomic mass is 10.4. The molecule has 2 aromatic heterocycles. The minimum Gasteiger partial charge on any atom is -0.455 e.